The third-order valence-electron chi connectivity index (χ3n) is 2.41. The molecule has 0 spiro atoms. The Bertz CT molecular complexity index is 375. The Morgan fingerprint density at radius 2 is 2.11 bits per heavy atom. The van der Waals surface area contributed by atoms with Crippen molar-refractivity contribution in [2.75, 3.05) is 20.3 Å². The molecule has 1 aromatic carbocycles. The predicted molar refractivity (Wildman–Crippen MR) is 77.8 cm³/mol. The van der Waals surface area contributed by atoms with E-state index in [9.17, 15) is 9.90 Å². The number of carboxylic acid groups (broad SMARTS) is 1. The van der Waals surface area contributed by atoms with Gasteiger partial charge in [-0.25, -0.2) is 4.79 Å². The average molecular weight is 364 g/mol. The minimum absolute atomic E-state index is 0.242. The lowest BCUT2D eigenvalue weighted by atomic mass is 10.2. The van der Waals surface area contributed by atoms with Gasteiger partial charge in [-0.05, 0) is 5.56 Å². The summed E-state index contributed by atoms with van der Waals surface area (Å²) in [6, 6.07) is 9.14. The molecule has 1 aromatic rings. The van der Waals surface area contributed by atoms with Gasteiger partial charge < -0.3 is 15.6 Å². The third kappa shape index (κ3) is 4.43. The fraction of sp³-hybridized carbons (Fsp3) is 0.417. The molecule has 0 aliphatic heterocycles. The van der Waals surface area contributed by atoms with Gasteiger partial charge in [0.2, 0.25) is 0 Å². The van der Waals surface area contributed by atoms with Crippen molar-refractivity contribution in [2.45, 2.75) is 10.1 Å². The lowest BCUT2D eigenvalue weighted by Crippen LogP contribution is -2.43. The largest absolute Gasteiger partial charge is 0.465 e. The van der Waals surface area contributed by atoms with E-state index in [-0.39, 0.29) is 16.6 Å². The van der Waals surface area contributed by atoms with Gasteiger partial charge in [-0.1, -0.05) is 52.9 Å². The molecule has 2 unspecified atom stereocenters. The molecule has 3 N–H and O–H groups in total. The molecule has 5 nitrogen and oxygen atoms in total. The van der Waals surface area contributed by atoms with Crippen LogP contribution in [0.15, 0.2) is 30.3 Å². The summed E-state index contributed by atoms with van der Waals surface area (Å²) in [5.74, 6) is 0. The first-order chi connectivity index (χ1) is 8.56. The molecule has 0 bridgehead atoms. The normalized spacial score (nSPS) is 13.9. The number of rotatable bonds is 6. The summed E-state index contributed by atoms with van der Waals surface area (Å²) in [5, 5.41) is 9.25. The Morgan fingerprint density at radius 3 is 2.61 bits per heavy atom. The van der Waals surface area contributed by atoms with E-state index < -0.39 is 6.09 Å². The van der Waals surface area contributed by atoms with Crippen molar-refractivity contribution in [2.24, 2.45) is 5.73 Å². The van der Waals surface area contributed by atoms with Crippen LogP contribution in [0, 0.1) is 0 Å². The number of halogens is 1. The highest BCUT2D eigenvalue weighted by molar-refractivity contribution is 14.1. The Labute approximate surface area is 120 Å². The lowest BCUT2D eigenvalue weighted by molar-refractivity contribution is 0.123. The minimum atomic E-state index is -0.982. The van der Waals surface area contributed by atoms with E-state index in [0.29, 0.717) is 6.61 Å². The number of hydrogen-bond donors (Lipinski definition) is 2. The average Bonchev–Trinajstić information content (AvgIpc) is 2.36. The van der Waals surface area contributed by atoms with Crippen LogP contribution in [0.2, 0.25) is 0 Å². The molecule has 100 valence electrons. The van der Waals surface area contributed by atoms with Gasteiger partial charge in [0.1, 0.15) is 4.05 Å². The molecule has 0 saturated carbocycles. The molecule has 18 heavy (non-hydrogen) atoms. The van der Waals surface area contributed by atoms with E-state index in [0.717, 1.165) is 5.56 Å². The summed E-state index contributed by atoms with van der Waals surface area (Å²) in [4.78, 5) is 12.6. The summed E-state index contributed by atoms with van der Waals surface area (Å²) in [5.41, 5.74) is 6.74. The first-order valence-corrected chi connectivity index (χ1v) is 6.74. The van der Waals surface area contributed by atoms with Crippen LogP contribution >= 0.6 is 22.6 Å². The summed E-state index contributed by atoms with van der Waals surface area (Å²) in [7, 11) is 1.55. The highest BCUT2D eigenvalue weighted by atomic mass is 127. The third-order valence-corrected chi connectivity index (χ3v) is 3.80. The molecule has 0 saturated heterocycles. The number of alkyl halides is 1. The summed E-state index contributed by atoms with van der Waals surface area (Å²) in [6.45, 7) is 0.577. The maximum absolute atomic E-state index is 11.3. The molecule has 0 aliphatic carbocycles. The SMILES string of the molecule is COCC(N)CN(C(=O)O)C(I)c1ccccc1. The quantitative estimate of drug-likeness (QED) is 0.460. The highest BCUT2D eigenvalue weighted by Gasteiger charge is 2.24. The Kier molecular flexibility index (Phi) is 6.37. The number of methoxy groups -OCH3 is 1. The van der Waals surface area contributed by atoms with Gasteiger partial charge >= 0.3 is 6.09 Å². The fourth-order valence-electron chi connectivity index (χ4n) is 1.58. The zero-order valence-corrected chi connectivity index (χ0v) is 12.3. The number of nitrogens with two attached hydrogens (primary N) is 1. The molecule has 2 atom stereocenters. The van der Waals surface area contributed by atoms with Gasteiger partial charge in [0, 0.05) is 19.7 Å². The second-order valence-electron chi connectivity index (χ2n) is 3.90. The molecular weight excluding hydrogens is 347 g/mol. The standard InChI is InChI=1S/C12H17IN2O3/c1-18-8-10(14)7-15(12(16)17)11(13)9-5-3-2-4-6-9/h2-6,10-11H,7-8,14H2,1H3,(H,16,17). The van der Waals surface area contributed by atoms with Crippen LogP contribution in [-0.2, 0) is 4.74 Å². The van der Waals surface area contributed by atoms with Crippen LogP contribution in [0.3, 0.4) is 0 Å². The van der Waals surface area contributed by atoms with Crippen LogP contribution < -0.4 is 5.73 Å². The van der Waals surface area contributed by atoms with Crippen LogP contribution in [0.4, 0.5) is 4.79 Å². The van der Waals surface area contributed by atoms with Crippen molar-refractivity contribution in [1.29, 1.82) is 0 Å². The predicted octanol–water partition coefficient (Wildman–Crippen LogP) is 2.07. The molecule has 0 fully saturated rings. The maximum Gasteiger partial charge on any atom is 0.408 e. The van der Waals surface area contributed by atoms with Crippen molar-refractivity contribution in [3.05, 3.63) is 35.9 Å². The number of carbonyl (C=O) groups is 1. The maximum atomic E-state index is 11.3. The Balaban J connectivity index is 2.76. The molecule has 0 radical (unpaired) electrons. The zero-order chi connectivity index (χ0) is 13.5. The molecular formula is C12H17IN2O3. The van der Waals surface area contributed by atoms with E-state index >= 15 is 0 Å². The molecule has 0 heterocycles. The lowest BCUT2D eigenvalue weighted by Gasteiger charge is -2.27. The van der Waals surface area contributed by atoms with E-state index in [1.165, 1.54) is 4.90 Å². The van der Waals surface area contributed by atoms with Gasteiger partial charge in [-0.2, -0.15) is 0 Å². The zero-order valence-electron chi connectivity index (χ0n) is 10.1. The summed E-state index contributed by atoms with van der Waals surface area (Å²) < 4.78 is 4.66. The van der Waals surface area contributed by atoms with Gasteiger partial charge in [-0.15, -0.1) is 0 Å². The second kappa shape index (κ2) is 7.55. The Hall–Kier alpha value is -0.860. The monoisotopic (exact) mass is 364 g/mol. The van der Waals surface area contributed by atoms with Crippen molar-refractivity contribution in [3.8, 4) is 0 Å². The van der Waals surface area contributed by atoms with E-state index in [4.69, 9.17) is 10.5 Å². The van der Waals surface area contributed by atoms with Crippen molar-refractivity contribution >= 4 is 28.7 Å². The van der Waals surface area contributed by atoms with Gasteiger partial charge in [-0.3, -0.25) is 4.90 Å². The van der Waals surface area contributed by atoms with Crippen LogP contribution in [0.1, 0.15) is 9.61 Å². The first-order valence-electron chi connectivity index (χ1n) is 5.49. The molecule has 6 heteroatoms. The molecule has 1 rings (SSSR count). The minimum Gasteiger partial charge on any atom is -0.465 e. The van der Waals surface area contributed by atoms with E-state index in [1.807, 2.05) is 30.3 Å². The summed E-state index contributed by atoms with van der Waals surface area (Å²) >= 11 is 2.10. The fourth-order valence-corrected chi connectivity index (χ4v) is 2.46. The first kappa shape index (κ1) is 15.2. The molecule has 1 amide bonds. The number of hydrogen-bond acceptors (Lipinski definition) is 3. The van der Waals surface area contributed by atoms with Crippen molar-refractivity contribution in [1.82, 2.24) is 4.90 Å². The number of benzene rings is 1. The van der Waals surface area contributed by atoms with Gasteiger partial charge in [0.05, 0.1) is 6.61 Å². The summed E-state index contributed by atoms with van der Waals surface area (Å²) in [6.07, 6.45) is -0.982. The second-order valence-corrected chi connectivity index (χ2v) is 5.08. The Morgan fingerprint density at radius 1 is 1.50 bits per heavy atom. The molecule has 0 aliphatic rings. The van der Waals surface area contributed by atoms with Crippen molar-refractivity contribution < 1.29 is 14.6 Å². The van der Waals surface area contributed by atoms with Crippen LogP contribution in [-0.4, -0.2) is 42.4 Å². The topological polar surface area (TPSA) is 75.8 Å². The van der Waals surface area contributed by atoms with Crippen molar-refractivity contribution in [3.63, 3.8) is 0 Å². The van der Waals surface area contributed by atoms with Gasteiger partial charge in [0.25, 0.3) is 0 Å². The van der Waals surface area contributed by atoms with E-state index in [2.05, 4.69) is 22.6 Å². The number of nitrogens with zero attached hydrogens (tertiary/aromatic N) is 1. The number of ether oxygens (including phenoxy) is 1. The highest BCUT2D eigenvalue weighted by Crippen LogP contribution is 2.27. The number of amides is 1. The van der Waals surface area contributed by atoms with Crippen LogP contribution in [0.5, 0.6) is 0 Å². The van der Waals surface area contributed by atoms with Gasteiger partial charge in [0.15, 0.2) is 0 Å². The molecule has 0 aromatic heterocycles. The smallest absolute Gasteiger partial charge is 0.408 e. The van der Waals surface area contributed by atoms with Crippen LogP contribution in [0.25, 0.3) is 0 Å². The van der Waals surface area contributed by atoms with E-state index in [1.54, 1.807) is 7.11 Å².